The Morgan fingerprint density at radius 2 is 1.96 bits per heavy atom. The standard InChI is InChI=1S/C18H17N3O3/c1-21-14-5-3-2-4-13(14)20-17(21)11-19-18(22)12-6-7-15-16(10-12)24-9-8-23-15/h2-7,10H,8-9,11H2,1H3,(H,19,22). The molecular formula is C18H17N3O3. The van der Waals surface area contributed by atoms with Crippen molar-refractivity contribution in [1.82, 2.24) is 14.9 Å². The Bertz CT molecular complexity index is 917. The minimum absolute atomic E-state index is 0.168. The first-order valence-electron chi connectivity index (χ1n) is 7.80. The first-order chi connectivity index (χ1) is 11.7. The second kappa shape index (κ2) is 5.88. The maximum absolute atomic E-state index is 12.4. The third kappa shape index (κ3) is 2.56. The number of para-hydroxylation sites is 2. The minimum Gasteiger partial charge on any atom is -0.486 e. The molecule has 6 heteroatoms. The van der Waals surface area contributed by atoms with E-state index >= 15 is 0 Å². The van der Waals surface area contributed by atoms with Crippen molar-refractivity contribution in [2.24, 2.45) is 7.05 Å². The summed E-state index contributed by atoms with van der Waals surface area (Å²) in [6, 6.07) is 13.1. The number of hydrogen-bond donors (Lipinski definition) is 1. The van der Waals surface area contributed by atoms with E-state index in [0.717, 1.165) is 16.9 Å². The number of nitrogens with one attached hydrogen (secondary N) is 1. The summed E-state index contributed by atoms with van der Waals surface area (Å²) in [7, 11) is 1.95. The van der Waals surface area contributed by atoms with Gasteiger partial charge in [0, 0.05) is 12.6 Å². The van der Waals surface area contributed by atoms with Crippen LogP contribution >= 0.6 is 0 Å². The zero-order valence-corrected chi connectivity index (χ0v) is 13.3. The van der Waals surface area contributed by atoms with Crippen LogP contribution in [-0.4, -0.2) is 28.7 Å². The van der Waals surface area contributed by atoms with Crippen LogP contribution in [0, 0.1) is 0 Å². The highest BCUT2D eigenvalue weighted by Gasteiger charge is 2.15. The van der Waals surface area contributed by atoms with Crippen LogP contribution in [0.1, 0.15) is 16.2 Å². The Kier molecular flexibility index (Phi) is 3.57. The van der Waals surface area contributed by atoms with Crippen molar-refractivity contribution < 1.29 is 14.3 Å². The average Bonchev–Trinajstić information content (AvgIpc) is 2.95. The summed E-state index contributed by atoms with van der Waals surface area (Å²) in [6.45, 7) is 1.39. The zero-order valence-electron chi connectivity index (χ0n) is 13.3. The van der Waals surface area contributed by atoms with E-state index in [1.807, 2.05) is 35.9 Å². The fraction of sp³-hybridized carbons (Fsp3) is 0.222. The number of amides is 1. The van der Waals surface area contributed by atoms with Gasteiger partial charge in [0.1, 0.15) is 19.0 Å². The second-order valence-corrected chi connectivity index (χ2v) is 5.62. The van der Waals surface area contributed by atoms with Gasteiger partial charge >= 0.3 is 0 Å². The van der Waals surface area contributed by atoms with E-state index < -0.39 is 0 Å². The normalized spacial score (nSPS) is 13.0. The molecule has 0 saturated carbocycles. The number of carbonyl (C=O) groups is 1. The number of nitrogens with zero attached hydrogens (tertiary/aromatic N) is 2. The molecule has 0 saturated heterocycles. The highest BCUT2D eigenvalue weighted by atomic mass is 16.6. The van der Waals surface area contributed by atoms with Gasteiger partial charge in [-0.2, -0.15) is 0 Å². The number of fused-ring (bicyclic) bond motifs is 2. The van der Waals surface area contributed by atoms with E-state index in [1.54, 1.807) is 18.2 Å². The number of hydrogen-bond acceptors (Lipinski definition) is 4. The molecule has 4 rings (SSSR count). The number of aromatic nitrogens is 2. The smallest absolute Gasteiger partial charge is 0.251 e. The molecule has 6 nitrogen and oxygen atoms in total. The fourth-order valence-electron chi connectivity index (χ4n) is 2.80. The van der Waals surface area contributed by atoms with Gasteiger partial charge in [0.15, 0.2) is 11.5 Å². The lowest BCUT2D eigenvalue weighted by Crippen LogP contribution is -2.25. The number of ether oxygens (including phenoxy) is 2. The van der Waals surface area contributed by atoms with Crippen LogP contribution in [0.2, 0.25) is 0 Å². The lowest BCUT2D eigenvalue weighted by Gasteiger charge is -2.18. The summed E-state index contributed by atoms with van der Waals surface area (Å²) in [6.07, 6.45) is 0. The van der Waals surface area contributed by atoms with E-state index in [1.165, 1.54) is 0 Å². The molecule has 0 fully saturated rings. The molecule has 1 N–H and O–H groups in total. The van der Waals surface area contributed by atoms with Crippen molar-refractivity contribution in [3.8, 4) is 11.5 Å². The molecule has 2 aromatic carbocycles. The van der Waals surface area contributed by atoms with Crippen molar-refractivity contribution in [2.45, 2.75) is 6.54 Å². The second-order valence-electron chi connectivity index (χ2n) is 5.62. The molecule has 0 spiro atoms. The third-order valence-corrected chi connectivity index (χ3v) is 4.09. The molecule has 1 amide bonds. The largest absolute Gasteiger partial charge is 0.486 e. The van der Waals surface area contributed by atoms with Gasteiger partial charge in [-0.05, 0) is 30.3 Å². The van der Waals surface area contributed by atoms with Crippen molar-refractivity contribution in [2.75, 3.05) is 13.2 Å². The maximum atomic E-state index is 12.4. The molecule has 24 heavy (non-hydrogen) atoms. The molecule has 1 aliphatic heterocycles. The van der Waals surface area contributed by atoms with E-state index in [-0.39, 0.29) is 5.91 Å². The third-order valence-electron chi connectivity index (χ3n) is 4.09. The topological polar surface area (TPSA) is 65.4 Å². The summed E-state index contributed by atoms with van der Waals surface area (Å²) in [5.74, 6) is 1.92. The van der Waals surface area contributed by atoms with Crippen LogP contribution in [0.5, 0.6) is 11.5 Å². The lowest BCUT2D eigenvalue weighted by molar-refractivity contribution is 0.0948. The van der Waals surface area contributed by atoms with Crippen LogP contribution < -0.4 is 14.8 Å². The van der Waals surface area contributed by atoms with Crippen molar-refractivity contribution in [3.63, 3.8) is 0 Å². The molecule has 0 atom stereocenters. The predicted octanol–water partition coefficient (Wildman–Crippen LogP) is 2.27. The lowest BCUT2D eigenvalue weighted by atomic mass is 10.2. The van der Waals surface area contributed by atoms with E-state index in [0.29, 0.717) is 36.8 Å². The summed E-state index contributed by atoms with van der Waals surface area (Å²) < 4.78 is 13.0. The number of aryl methyl sites for hydroxylation is 1. The van der Waals surface area contributed by atoms with Gasteiger partial charge in [-0.3, -0.25) is 4.79 Å². The predicted molar refractivity (Wildman–Crippen MR) is 89.3 cm³/mol. The maximum Gasteiger partial charge on any atom is 0.251 e. The number of benzene rings is 2. The van der Waals surface area contributed by atoms with Crippen LogP contribution in [0.15, 0.2) is 42.5 Å². The monoisotopic (exact) mass is 323 g/mol. The van der Waals surface area contributed by atoms with Crippen LogP contribution in [-0.2, 0) is 13.6 Å². The molecule has 1 aliphatic rings. The molecule has 0 radical (unpaired) electrons. The Labute approximate surface area is 139 Å². The van der Waals surface area contributed by atoms with E-state index in [2.05, 4.69) is 10.3 Å². The van der Waals surface area contributed by atoms with Gasteiger partial charge in [-0.25, -0.2) is 4.98 Å². The first-order valence-corrected chi connectivity index (χ1v) is 7.80. The number of rotatable bonds is 3. The van der Waals surface area contributed by atoms with Crippen LogP contribution in [0.25, 0.3) is 11.0 Å². The highest BCUT2D eigenvalue weighted by Crippen LogP contribution is 2.30. The molecule has 2 heterocycles. The number of imidazole rings is 1. The molecule has 0 bridgehead atoms. The molecule has 122 valence electrons. The van der Waals surface area contributed by atoms with Crippen LogP contribution in [0.3, 0.4) is 0 Å². The van der Waals surface area contributed by atoms with Crippen molar-refractivity contribution in [3.05, 3.63) is 53.9 Å². The Morgan fingerprint density at radius 3 is 2.79 bits per heavy atom. The summed E-state index contributed by atoms with van der Waals surface area (Å²) in [5, 5.41) is 2.91. The SMILES string of the molecule is Cn1c(CNC(=O)c2ccc3c(c2)OCCO3)nc2ccccc21. The van der Waals surface area contributed by atoms with Gasteiger partial charge in [0.2, 0.25) is 0 Å². The average molecular weight is 323 g/mol. The minimum atomic E-state index is -0.168. The van der Waals surface area contributed by atoms with Gasteiger partial charge in [-0.1, -0.05) is 12.1 Å². The quantitative estimate of drug-likeness (QED) is 0.803. The summed E-state index contributed by atoms with van der Waals surface area (Å²) in [5.41, 5.74) is 2.50. The van der Waals surface area contributed by atoms with Gasteiger partial charge < -0.3 is 19.4 Å². The van der Waals surface area contributed by atoms with Crippen molar-refractivity contribution >= 4 is 16.9 Å². The van der Waals surface area contributed by atoms with E-state index in [9.17, 15) is 4.79 Å². The number of carbonyl (C=O) groups excluding carboxylic acids is 1. The van der Waals surface area contributed by atoms with Crippen molar-refractivity contribution in [1.29, 1.82) is 0 Å². The van der Waals surface area contributed by atoms with Gasteiger partial charge in [0.25, 0.3) is 5.91 Å². The fourth-order valence-corrected chi connectivity index (χ4v) is 2.80. The van der Waals surface area contributed by atoms with Gasteiger partial charge in [0.05, 0.1) is 17.6 Å². The Balaban J connectivity index is 1.50. The zero-order chi connectivity index (χ0) is 16.5. The van der Waals surface area contributed by atoms with E-state index in [4.69, 9.17) is 9.47 Å². The highest BCUT2D eigenvalue weighted by molar-refractivity contribution is 5.94. The summed E-state index contributed by atoms with van der Waals surface area (Å²) in [4.78, 5) is 16.9. The molecule has 1 aromatic heterocycles. The molecule has 3 aromatic rings. The summed E-state index contributed by atoms with van der Waals surface area (Å²) >= 11 is 0. The van der Waals surface area contributed by atoms with Gasteiger partial charge in [-0.15, -0.1) is 0 Å². The first kappa shape index (κ1) is 14.6. The van der Waals surface area contributed by atoms with Crippen LogP contribution in [0.4, 0.5) is 0 Å². The molecule has 0 aliphatic carbocycles. The Hall–Kier alpha value is -3.02. The molecular weight excluding hydrogens is 306 g/mol. The Morgan fingerprint density at radius 1 is 1.17 bits per heavy atom. The molecule has 0 unspecified atom stereocenters.